The fraction of sp³-hybridized carbons (Fsp3) is 0.364. The van der Waals surface area contributed by atoms with Crippen LogP contribution in [0.25, 0.3) is 0 Å². The number of nitrogens with zero attached hydrogens (tertiary/aromatic N) is 3. The minimum atomic E-state index is -3.62. The van der Waals surface area contributed by atoms with Gasteiger partial charge in [-0.15, -0.1) is 0 Å². The van der Waals surface area contributed by atoms with Crippen molar-refractivity contribution in [1.82, 2.24) is 4.31 Å². The van der Waals surface area contributed by atoms with E-state index >= 15 is 0 Å². The van der Waals surface area contributed by atoms with Crippen molar-refractivity contribution in [3.63, 3.8) is 0 Å². The quantitative estimate of drug-likeness (QED) is 0.644. The molecule has 0 spiro atoms. The van der Waals surface area contributed by atoms with Crippen LogP contribution in [0.2, 0.25) is 0 Å². The van der Waals surface area contributed by atoms with Crippen molar-refractivity contribution in [2.45, 2.75) is 31.1 Å². The fourth-order valence-corrected chi connectivity index (χ4v) is 4.99. The van der Waals surface area contributed by atoms with E-state index in [9.17, 15) is 13.2 Å². The summed E-state index contributed by atoms with van der Waals surface area (Å²) in [7, 11) is -3.62. The lowest BCUT2D eigenvalue weighted by molar-refractivity contribution is 0.0987. The first-order valence-electron chi connectivity index (χ1n) is 9.99. The summed E-state index contributed by atoms with van der Waals surface area (Å²) < 4.78 is 32.6. The first-order valence-corrected chi connectivity index (χ1v) is 11.4. The number of carbonyl (C=O) groups is 1. The lowest BCUT2D eigenvalue weighted by Crippen LogP contribution is -2.32. The van der Waals surface area contributed by atoms with Gasteiger partial charge < -0.3 is 9.64 Å². The third kappa shape index (κ3) is 4.81. The van der Waals surface area contributed by atoms with Gasteiger partial charge in [-0.25, -0.2) is 8.42 Å². The molecular formula is C22H25N3O4S. The van der Waals surface area contributed by atoms with E-state index in [0.29, 0.717) is 31.1 Å². The summed E-state index contributed by atoms with van der Waals surface area (Å²) in [6, 6.07) is 15.2. The summed E-state index contributed by atoms with van der Waals surface area (Å²) in [5.74, 6) is 0.334. The van der Waals surface area contributed by atoms with E-state index in [1.807, 2.05) is 6.92 Å². The predicted octanol–water partition coefficient (Wildman–Crippen LogP) is 3.43. The summed E-state index contributed by atoms with van der Waals surface area (Å²) >= 11 is 0. The zero-order chi connectivity index (χ0) is 21.6. The Labute approximate surface area is 177 Å². The normalized spacial score (nSPS) is 14.3. The Hall–Kier alpha value is -2.89. The monoisotopic (exact) mass is 427 g/mol. The number of anilines is 1. The SMILES string of the molecule is CCOc1ccc(N(CCC#N)C(=O)c2cccc(S(=O)(=O)N3CCCC3)c2)cc1. The van der Waals surface area contributed by atoms with Crippen LogP contribution in [-0.4, -0.2) is 44.9 Å². The van der Waals surface area contributed by atoms with Crippen LogP contribution >= 0.6 is 0 Å². The van der Waals surface area contributed by atoms with Gasteiger partial charge in [0.1, 0.15) is 5.75 Å². The predicted molar refractivity (Wildman–Crippen MR) is 114 cm³/mol. The van der Waals surface area contributed by atoms with Gasteiger partial charge in [-0.05, 0) is 62.2 Å². The van der Waals surface area contributed by atoms with Crippen LogP contribution in [0.5, 0.6) is 5.75 Å². The average molecular weight is 428 g/mol. The summed E-state index contributed by atoms with van der Waals surface area (Å²) in [6.07, 6.45) is 1.85. The van der Waals surface area contributed by atoms with Crippen LogP contribution in [0.1, 0.15) is 36.5 Å². The van der Waals surface area contributed by atoms with Crippen molar-refractivity contribution in [3.8, 4) is 11.8 Å². The van der Waals surface area contributed by atoms with Crippen LogP contribution in [0.3, 0.4) is 0 Å². The number of nitriles is 1. The molecule has 2 aromatic rings. The van der Waals surface area contributed by atoms with Crippen LogP contribution in [0.15, 0.2) is 53.4 Å². The van der Waals surface area contributed by atoms with Crippen LogP contribution < -0.4 is 9.64 Å². The Kier molecular flexibility index (Phi) is 7.08. The summed E-state index contributed by atoms with van der Waals surface area (Å²) in [5.41, 5.74) is 0.883. The topological polar surface area (TPSA) is 90.7 Å². The van der Waals surface area contributed by atoms with Crippen molar-refractivity contribution < 1.29 is 17.9 Å². The molecule has 1 amide bonds. The third-order valence-electron chi connectivity index (χ3n) is 4.94. The Balaban J connectivity index is 1.90. The van der Waals surface area contributed by atoms with Gasteiger partial charge in [0.2, 0.25) is 10.0 Å². The van der Waals surface area contributed by atoms with Gasteiger partial charge in [-0.3, -0.25) is 4.79 Å². The van der Waals surface area contributed by atoms with Gasteiger partial charge in [0.05, 0.1) is 24.0 Å². The Morgan fingerprint density at radius 3 is 2.50 bits per heavy atom. The molecule has 30 heavy (non-hydrogen) atoms. The van der Waals surface area contributed by atoms with E-state index in [4.69, 9.17) is 10.00 Å². The molecule has 0 saturated carbocycles. The number of ether oxygens (including phenoxy) is 1. The van der Waals surface area contributed by atoms with Gasteiger partial charge in [0, 0.05) is 30.9 Å². The summed E-state index contributed by atoms with van der Waals surface area (Å²) in [5, 5.41) is 9.01. The lowest BCUT2D eigenvalue weighted by Gasteiger charge is -2.23. The number of amides is 1. The maximum Gasteiger partial charge on any atom is 0.258 e. The molecule has 7 nitrogen and oxygen atoms in total. The molecule has 1 heterocycles. The maximum atomic E-state index is 13.2. The zero-order valence-electron chi connectivity index (χ0n) is 17.0. The van der Waals surface area contributed by atoms with E-state index in [-0.39, 0.29) is 29.3 Å². The molecule has 2 aromatic carbocycles. The van der Waals surface area contributed by atoms with E-state index in [1.165, 1.54) is 21.3 Å². The smallest absolute Gasteiger partial charge is 0.258 e. The fourth-order valence-electron chi connectivity index (χ4n) is 3.42. The van der Waals surface area contributed by atoms with E-state index < -0.39 is 10.0 Å². The van der Waals surface area contributed by atoms with Gasteiger partial charge in [0.15, 0.2) is 0 Å². The molecule has 1 saturated heterocycles. The molecule has 3 rings (SSSR count). The summed E-state index contributed by atoms with van der Waals surface area (Å²) in [6.45, 7) is 3.63. The second kappa shape index (κ2) is 9.74. The number of carbonyl (C=O) groups excluding carboxylic acids is 1. The van der Waals surface area contributed by atoms with Gasteiger partial charge in [-0.1, -0.05) is 6.07 Å². The summed E-state index contributed by atoms with van der Waals surface area (Å²) in [4.78, 5) is 14.8. The molecule has 0 unspecified atom stereocenters. The van der Waals surface area contributed by atoms with Gasteiger partial charge in [-0.2, -0.15) is 9.57 Å². The third-order valence-corrected chi connectivity index (χ3v) is 6.83. The standard InChI is InChI=1S/C22H25N3O4S/c1-2-29-20-11-9-19(10-12-20)25(16-6-13-23)22(26)18-7-5-8-21(17-18)30(27,28)24-14-3-4-15-24/h5,7-12,17H,2-4,6,14-16H2,1H3. The Bertz CT molecular complexity index is 1020. The first kappa shape index (κ1) is 21.8. The maximum absolute atomic E-state index is 13.2. The largest absolute Gasteiger partial charge is 0.494 e. The highest BCUT2D eigenvalue weighted by atomic mass is 32.2. The Morgan fingerprint density at radius 2 is 1.87 bits per heavy atom. The van der Waals surface area contributed by atoms with Crippen molar-refractivity contribution in [3.05, 3.63) is 54.1 Å². The number of rotatable bonds is 8. The molecular weight excluding hydrogens is 402 g/mol. The highest BCUT2D eigenvalue weighted by Gasteiger charge is 2.28. The Morgan fingerprint density at radius 1 is 1.17 bits per heavy atom. The molecule has 158 valence electrons. The van der Waals surface area contributed by atoms with Crippen LogP contribution in [-0.2, 0) is 10.0 Å². The molecule has 1 fully saturated rings. The van der Waals surface area contributed by atoms with Gasteiger partial charge in [0.25, 0.3) is 5.91 Å². The van der Waals surface area contributed by atoms with Crippen molar-refractivity contribution in [1.29, 1.82) is 5.26 Å². The molecule has 8 heteroatoms. The second-order valence-electron chi connectivity index (χ2n) is 6.93. The highest BCUT2D eigenvalue weighted by molar-refractivity contribution is 7.89. The number of hydrogen-bond acceptors (Lipinski definition) is 5. The number of benzene rings is 2. The zero-order valence-corrected chi connectivity index (χ0v) is 17.8. The minimum Gasteiger partial charge on any atom is -0.494 e. The van der Waals surface area contributed by atoms with E-state index in [1.54, 1.807) is 36.4 Å². The number of hydrogen-bond donors (Lipinski definition) is 0. The molecule has 1 aliphatic rings. The van der Waals surface area contributed by atoms with Crippen molar-refractivity contribution >= 4 is 21.6 Å². The number of sulfonamides is 1. The molecule has 0 aliphatic carbocycles. The lowest BCUT2D eigenvalue weighted by atomic mass is 10.1. The molecule has 0 aromatic heterocycles. The second-order valence-corrected chi connectivity index (χ2v) is 8.87. The van der Waals surface area contributed by atoms with E-state index in [2.05, 4.69) is 6.07 Å². The minimum absolute atomic E-state index is 0.113. The van der Waals surface area contributed by atoms with Crippen molar-refractivity contribution in [2.75, 3.05) is 31.1 Å². The first-order chi connectivity index (χ1) is 14.5. The van der Waals surface area contributed by atoms with E-state index in [0.717, 1.165) is 12.8 Å². The highest BCUT2D eigenvalue weighted by Crippen LogP contribution is 2.25. The molecule has 0 N–H and O–H groups in total. The van der Waals surface area contributed by atoms with Crippen LogP contribution in [0, 0.1) is 11.3 Å². The van der Waals surface area contributed by atoms with Crippen LogP contribution in [0.4, 0.5) is 5.69 Å². The molecule has 0 bridgehead atoms. The van der Waals surface area contributed by atoms with Gasteiger partial charge >= 0.3 is 0 Å². The van der Waals surface area contributed by atoms with Crippen molar-refractivity contribution in [2.24, 2.45) is 0 Å². The molecule has 0 atom stereocenters. The molecule has 0 radical (unpaired) electrons. The average Bonchev–Trinajstić information content (AvgIpc) is 3.31. The molecule has 1 aliphatic heterocycles.